The fourth-order valence-corrected chi connectivity index (χ4v) is 3.57. The minimum Gasteiger partial charge on any atom is -0.497 e. The van der Waals surface area contributed by atoms with Crippen LogP contribution in [0.3, 0.4) is 0 Å². The molecule has 0 saturated carbocycles. The molecule has 9 nitrogen and oxygen atoms in total. The SMILES string of the molecule is COc1ccc(C(=O)N2CCCN(c3ccc(NC(=O)NC(C)C)cn3)CC2)c(OC)c1. The zero-order valence-corrected chi connectivity index (χ0v) is 19.1. The second-order valence-corrected chi connectivity index (χ2v) is 7.86. The molecular weight excluding hydrogens is 410 g/mol. The number of nitrogens with zero attached hydrogens (tertiary/aromatic N) is 3. The number of ether oxygens (including phenoxy) is 2. The van der Waals surface area contributed by atoms with Gasteiger partial charge in [-0.15, -0.1) is 0 Å². The van der Waals surface area contributed by atoms with E-state index in [1.165, 1.54) is 0 Å². The third kappa shape index (κ3) is 5.81. The number of hydrogen-bond donors (Lipinski definition) is 2. The number of aromatic nitrogens is 1. The highest BCUT2D eigenvalue weighted by Crippen LogP contribution is 2.26. The summed E-state index contributed by atoms with van der Waals surface area (Å²) in [5.74, 6) is 1.90. The Balaban J connectivity index is 1.62. The molecule has 3 rings (SSSR count). The first-order chi connectivity index (χ1) is 15.4. The van der Waals surface area contributed by atoms with Gasteiger partial charge in [-0.25, -0.2) is 9.78 Å². The molecule has 3 amide bonds. The van der Waals surface area contributed by atoms with Crippen LogP contribution in [-0.2, 0) is 0 Å². The van der Waals surface area contributed by atoms with Crippen LogP contribution in [0.5, 0.6) is 11.5 Å². The van der Waals surface area contributed by atoms with Crippen molar-refractivity contribution < 1.29 is 19.1 Å². The van der Waals surface area contributed by atoms with Gasteiger partial charge in [0.05, 0.1) is 31.7 Å². The Hall–Kier alpha value is -3.49. The molecule has 2 heterocycles. The predicted molar refractivity (Wildman–Crippen MR) is 124 cm³/mol. The lowest BCUT2D eigenvalue weighted by Gasteiger charge is -2.23. The Morgan fingerprint density at radius 1 is 1.03 bits per heavy atom. The van der Waals surface area contributed by atoms with Crippen LogP contribution in [0.1, 0.15) is 30.6 Å². The van der Waals surface area contributed by atoms with Crippen molar-refractivity contribution in [3.8, 4) is 11.5 Å². The van der Waals surface area contributed by atoms with Crippen molar-refractivity contribution in [1.82, 2.24) is 15.2 Å². The summed E-state index contributed by atoms with van der Waals surface area (Å²) in [6.07, 6.45) is 2.47. The molecule has 2 N–H and O–H groups in total. The molecular formula is C23H31N5O4. The number of amides is 3. The molecule has 1 aliphatic heterocycles. The van der Waals surface area contributed by atoms with Crippen molar-refractivity contribution in [3.63, 3.8) is 0 Å². The number of benzene rings is 1. The van der Waals surface area contributed by atoms with Gasteiger partial charge in [-0.2, -0.15) is 0 Å². The second-order valence-electron chi connectivity index (χ2n) is 7.86. The molecule has 0 radical (unpaired) electrons. The normalized spacial score (nSPS) is 14.0. The second kappa shape index (κ2) is 10.7. The highest BCUT2D eigenvalue weighted by Gasteiger charge is 2.23. The minimum absolute atomic E-state index is 0.0582. The average Bonchev–Trinajstić information content (AvgIpc) is 3.04. The molecule has 0 spiro atoms. The van der Waals surface area contributed by atoms with Crippen molar-refractivity contribution in [2.24, 2.45) is 0 Å². The largest absolute Gasteiger partial charge is 0.497 e. The number of urea groups is 1. The minimum atomic E-state index is -0.257. The number of rotatable bonds is 6. The van der Waals surface area contributed by atoms with Gasteiger partial charge in [0.2, 0.25) is 0 Å². The third-order valence-corrected chi connectivity index (χ3v) is 5.17. The third-order valence-electron chi connectivity index (χ3n) is 5.17. The number of carbonyl (C=O) groups is 2. The molecule has 1 saturated heterocycles. The quantitative estimate of drug-likeness (QED) is 0.716. The summed E-state index contributed by atoms with van der Waals surface area (Å²) in [5, 5.41) is 5.55. The summed E-state index contributed by atoms with van der Waals surface area (Å²) in [4.78, 5) is 33.5. The van der Waals surface area contributed by atoms with Crippen molar-refractivity contribution >= 4 is 23.4 Å². The molecule has 0 atom stereocenters. The lowest BCUT2D eigenvalue weighted by atomic mass is 10.1. The van der Waals surface area contributed by atoms with Crippen molar-refractivity contribution in [2.45, 2.75) is 26.3 Å². The molecule has 0 aliphatic carbocycles. The molecule has 1 aromatic heterocycles. The van der Waals surface area contributed by atoms with Crippen LogP contribution in [0.2, 0.25) is 0 Å². The van der Waals surface area contributed by atoms with E-state index in [0.29, 0.717) is 42.4 Å². The molecule has 172 valence electrons. The van der Waals surface area contributed by atoms with E-state index in [1.54, 1.807) is 38.6 Å². The molecule has 32 heavy (non-hydrogen) atoms. The van der Waals surface area contributed by atoms with E-state index < -0.39 is 0 Å². The van der Waals surface area contributed by atoms with Crippen molar-refractivity contribution in [2.75, 3.05) is 50.6 Å². The number of nitrogens with one attached hydrogen (secondary N) is 2. The summed E-state index contributed by atoms with van der Waals surface area (Å²) in [5.41, 5.74) is 1.15. The van der Waals surface area contributed by atoms with Gasteiger partial charge in [-0.1, -0.05) is 0 Å². The number of anilines is 2. The maximum atomic E-state index is 13.1. The first-order valence-corrected chi connectivity index (χ1v) is 10.7. The summed E-state index contributed by atoms with van der Waals surface area (Å²) >= 11 is 0. The van der Waals surface area contributed by atoms with E-state index >= 15 is 0 Å². The van der Waals surface area contributed by atoms with E-state index in [-0.39, 0.29) is 18.0 Å². The van der Waals surface area contributed by atoms with E-state index in [0.717, 1.165) is 18.8 Å². The van der Waals surface area contributed by atoms with Gasteiger partial charge < -0.3 is 29.9 Å². The average molecular weight is 442 g/mol. The highest BCUT2D eigenvalue weighted by molar-refractivity contribution is 5.97. The summed E-state index contributed by atoms with van der Waals surface area (Å²) in [6, 6.07) is 8.74. The van der Waals surface area contributed by atoms with Crippen LogP contribution in [-0.4, -0.2) is 68.3 Å². The van der Waals surface area contributed by atoms with Crippen LogP contribution >= 0.6 is 0 Å². The molecule has 1 aromatic carbocycles. The monoisotopic (exact) mass is 441 g/mol. The zero-order chi connectivity index (χ0) is 23.1. The van der Waals surface area contributed by atoms with Crippen molar-refractivity contribution in [3.05, 3.63) is 42.1 Å². The fourth-order valence-electron chi connectivity index (χ4n) is 3.57. The number of carbonyl (C=O) groups excluding carboxylic acids is 2. The number of pyridine rings is 1. The maximum Gasteiger partial charge on any atom is 0.319 e. The summed E-state index contributed by atoms with van der Waals surface area (Å²) in [6.45, 7) is 6.49. The summed E-state index contributed by atoms with van der Waals surface area (Å²) in [7, 11) is 3.13. The van der Waals surface area contributed by atoms with E-state index in [4.69, 9.17) is 9.47 Å². The summed E-state index contributed by atoms with van der Waals surface area (Å²) < 4.78 is 10.6. The zero-order valence-electron chi connectivity index (χ0n) is 19.1. The topological polar surface area (TPSA) is 96.0 Å². The van der Waals surface area contributed by atoms with Gasteiger partial charge in [0.25, 0.3) is 5.91 Å². The molecule has 0 bridgehead atoms. The first kappa shape index (κ1) is 23.2. The predicted octanol–water partition coefficient (Wildman–Crippen LogP) is 2.98. The molecule has 9 heteroatoms. The Kier molecular flexibility index (Phi) is 7.75. The molecule has 1 fully saturated rings. The van der Waals surface area contributed by atoms with Gasteiger partial charge in [-0.3, -0.25) is 4.79 Å². The van der Waals surface area contributed by atoms with Gasteiger partial charge in [-0.05, 0) is 44.5 Å². The Morgan fingerprint density at radius 3 is 2.50 bits per heavy atom. The van der Waals surface area contributed by atoms with E-state index in [2.05, 4.69) is 20.5 Å². The number of hydrogen-bond acceptors (Lipinski definition) is 6. The van der Waals surface area contributed by atoms with Gasteiger partial charge in [0.15, 0.2) is 0 Å². The molecule has 2 aromatic rings. The lowest BCUT2D eigenvalue weighted by Crippen LogP contribution is -2.35. The fraction of sp³-hybridized carbons (Fsp3) is 0.435. The Labute approximate surface area is 188 Å². The number of methoxy groups -OCH3 is 2. The molecule has 1 aliphatic rings. The highest BCUT2D eigenvalue weighted by atomic mass is 16.5. The Morgan fingerprint density at radius 2 is 1.84 bits per heavy atom. The van der Waals surface area contributed by atoms with Crippen LogP contribution in [0.4, 0.5) is 16.3 Å². The Bertz CT molecular complexity index is 932. The van der Waals surface area contributed by atoms with E-state index in [1.807, 2.05) is 30.9 Å². The van der Waals surface area contributed by atoms with Crippen LogP contribution < -0.4 is 25.0 Å². The maximum absolute atomic E-state index is 13.1. The van der Waals surface area contributed by atoms with E-state index in [9.17, 15) is 9.59 Å². The molecule has 0 unspecified atom stereocenters. The van der Waals surface area contributed by atoms with Gasteiger partial charge in [0.1, 0.15) is 17.3 Å². The van der Waals surface area contributed by atoms with Crippen LogP contribution in [0.25, 0.3) is 0 Å². The first-order valence-electron chi connectivity index (χ1n) is 10.7. The van der Waals surface area contributed by atoms with Gasteiger partial charge >= 0.3 is 6.03 Å². The lowest BCUT2D eigenvalue weighted by molar-refractivity contribution is 0.0763. The van der Waals surface area contributed by atoms with Gasteiger partial charge in [0, 0.05) is 38.3 Å². The van der Waals surface area contributed by atoms with Crippen LogP contribution in [0.15, 0.2) is 36.5 Å². The smallest absolute Gasteiger partial charge is 0.319 e. The van der Waals surface area contributed by atoms with Crippen molar-refractivity contribution in [1.29, 1.82) is 0 Å². The standard InChI is InChI=1S/C23H31N5O4/c1-16(2)25-23(30)26-17-6-9-21(24-15-17)27-10-5-11-28(13-12-27)22(29)19-8-7-18(31-3)14-20(19)32-4/h6-9,14-16H,5,10-13H2,1-4H3,(H2,25,26,30). The van der Waals surface area contributed by atoms with Crippen LogP contribution in [0, 0.1) is 0 Å².